The lowest BCUT2D eigenvalue weighted by molar-refractivity contribution is 0.102. The Morgan fingerprint density at radius 2 is 2.04 bits per heavy atom. The average molecular weight is 322 g/mol. The molecule has 7 nitrogen and oxygen atoms in total. The van der Waals surface area contributed by atoms with Crippen LogP contribution in [0.15, 0.2) is 36.7 Å². The van der Waals surface area contributed by atoms with Crippen molar-refractivity contribution in [1.82, 2.24) is 14.4 Å². The van der Waals surface area contributed by atoms with Gasteiger partial charge in [-0.2, -0.15) is 0 Å². The zero-order chi connectivity index (χ0) is 16.7. The summed E-state index contributed by atoms with van der Waals surface area (Å²) in [6, 6.07) is 7.11. The number of hydrogen-bond acceptors (Lipinski definition) is 5. The smallest absolute Gasteiger partial charge is 0.276 e. The van der Waals surface area contributed by atoms with Gasteiger partial charge >= 0.3 is 0 Å². The number of anilines is 3. The SMILES string of the molecule is Nc1ccccc1NC(=O)c1nc(C2CCC2)n2ccnc(N)c12. The number of nitrogens with one attached hydrogen (secondary N) is 1. The molecule has 1 amide bonds. The summed E-state index contributed by atoms with van der Waals surface area (Å²) in [4.78, 5) is 21.4. The molecule has 0 saturated heterocycles. The second-order valence-electron chi connectivity index (χ2n) is 6.02. The van der Waals surface area contributed by atoms with Crippen molar-refractivity contribution in [2.24, 2.45) is 0 Å². The first kappa shape index (κ1) is 14.5. The second kappa shape index (κ2) is 5.52. The van der Waals surface area contributed by atoms with Gasteiger partial charge in [0.2, 0.25) is 0 Å². The lowest BCUT2D eigenvalue weighted by atomic mass is 9.85. The summed E-state index contributed by atoms with van der Waals surface area (Å²) in [5.74, 6) is 1.19. The molecule has 0 radical (unpaired) electrons. The van der Waals surface area contributed by atoms with Crippen molar-refractivity contribution >= 4 is 28.6 Å². The highest BCUT2D eigenvalue weighted by Gasteiger charge is 2.28. The van der Waals surface area contributed by atoms with Crippen molar-refractivity contribution in [3.8, 4) is 0 Å². The van der Waals surface area contributed by atoms with E-state index in [4.69, 9.17) is 11.5 Å². The minimum absolute atomic E-state index is 0.283. The van der Waals surface area contributed by atoms with Gasteiger partial charge < -0.3 is 16.8 Å². The molecule has 122 valence electrons. The van der Waals surface area contributed by atoms with Crippen LogP contribution >= 0.6 is 0 Å². The average Bonchev–Trinajstić information content (AvgIpc) is 2.89. The maximum atomic E-state index is 12.7. The number of imidazole rings is 1. The molecule has 5 N–H and O–H groups in total. The molecule has 2 aromatic heterocycles. The number of carbonyl (C=O) groups excluding carboxylic acids is 1. The Hall–Kier alpha value is -3.09. The summed E-state index contributed by atoms with van der Waals surface area (Å²) >= 11 is 0. The van der Waals surface area contributed by atoms with Crippen LogP contribution in [0.5, 0.6) is 0 Å². The number of carbonyl (C=O) groups is 1. The highest BCUT2D eigenvalue weighted by Crippen LogP contribution is 2.37. The van der Waals surface area contributed by atoms with E-state index in [1.807, 2.05) is 16.5 Å². The molecule has 1 aliphatic carbocycles. The van der Waals surface area contributed by atoms with E-state index in [2.05, 4.69) is 15.3 Å². The molecule has 2 heterocycles. The highest BCUT2D eigenvalue weighted by atomic mass is 16.1. The van der Waals surface area contributed by atoms with Crippen molar-refractivity contribution in [3.05, 3.63) is 48.2 Å². The minimum Gasteiger partial charge on any atom is -0.397 e. The quantitative estimate of drug-likeness (QED) is 0.641. The summed E-state index contributed by atoms with van der Waals surface area (Å²) in [6.45, 7) is 0. The Kier molecular flexibility index (Phi) is 3.34. The number of nitrogen functional groups attached to an aromatic ring is 2. The lowest BCUT2D eigenvalue weighted by Gasteiger charge is -2.23. The van der Waals surface area contributed by atoms with E-state index in [0.717, 1.165) is 18.7 Å². The third-order valence-corrected chi connectivity index (χ3v) is 4.50. The maximum absolute atomic E-state index is 12.7. The fourth-order valence-electron chi connectivity index (χ4n) is 2.99. The lowest BCUT2D eigenvalue weighted by Crippen LogP contribution is -2.15. The molecule has 0 atom stereocenters. The van der Waals surface area contributed by atoms with Gasteiger partial charge in [-0.05, 0) is 25.0 Å². The fourth-order valence-corrected chi connectivity index (χ4v) is 2.99. The number of nitrogens with zero attached hydrogens (tertiary/aromatic N) is 3. The van der Waals surface area contributed by atoms with Crippen LogP contribution in [0, 0.1) is 0 Å². The standard InChI is InChI=1S/C17H18N6O/c18-11-6-1-2-7-12(11)21-17(24)13-14-15(19)20-8-9-23(14)16(22-13)10-4-3-5-10/h1-2,6-10H,3-5,18H2,(H2,19,20)(H,21,24). The van der Waals surface area contributed by atoms with E-state index < -0.39 is 0 Å². The van der Waals surface area contributed by atoms with Gasteiger partial charge in [0.05, 0.1) is 11.4 Å². The van der Waals surface area contributed by atoms with E-state index in [1.165, 1.54) is 6.42 Å². The third-order valence-electron chi connectivity index (χ3n) is 4.50. The zero-order valence-corrected chi connectivity index (χ0v) is 13.1. The first-order valence-electron chi connectivity index (χ1n) is 7.93. The first-order chi connectivity index (χ1) is 11.6. The number of amides is 1. The molecule has 1 saturated carbocycles. The first-order valence-corrected chi connectivity index (χ1v) is 7.93. The number of aromatic nitrogens is 3. The Morgan fingerprint density at radius 3 is 2.75 bits per heavy atom. The summed E-state index contributed by atoms with van der Waals surface area (Å²) in [7, 11) is 0. The topological polar surface area (TPSA) is 111 Å². The van der Waals surface area contributed by atoms with Crippen molar-refractivity contribution in [3.63, 3.8) is 0 Å². The van der Waals surface area contributed by atoms with E-state index in [-0.39, 0.29) is 11.6 Å². The van der Waals surface area contributed by atoms with E-state index in [1.54, 1.807) is 24.5 Å². The van der Waals surface area contributed by atoms with Crippen LogP contribution in [0.25, 0.3) is 5.52 Å². The predicted molar refractivity (Wildman–Crippen MR) is 92.8 cm³/mol. The molecule has 3 aromatic rings. The van der Waals surface area contributed by atoms with Crippen LogP contribution in [0.2, 0.25) is 0 Å². The van der Waals surface area contributed by atoms with Gasteiger partial charge in [-0.15, -0.1) is 0 Å². The van der Waals surface area contributed by atoms with Crippen molar-refractivity contribution in [1.29, 1.82) is 0 Å². The fraction of sp³-hybridized carbons (Fsp3) is 0.235. The van der Waals surface area contributed by atoms with Crippen molar-refractivity contribution < 1.29 is 4.79 Å². The molecule has 0 bridgehead atoms. The molecule has 7 heteroatoms. The van der Waals surface area contributed by atoms with Crippen LogP contribution in [-0.2, 0) is 0 Å². The molecule has 24 heavy (non-hydrogen) atoms. The second-order valence-corrected chi connectivity index (χ2v) is 6.02. The van der Waals surface area contributed by atoms with Crippen molar-refractivity contribution in [2.75, 3.05) is 16.8 Å². The number of nitrogens with two attached hydrogens (primary N) is 2. The number of para-hydroxylation sites is 2. The van der Waals surface area contributed by atoms with Gasteiger partial charge in [0.1, 0.15) is 17.2 Å². The van der Waals surface area contributed by atoms with Gasteiger partial charge in [-0.1, -0.05) is 18.6 Å². The Bertz CT molecular complexity index is 928. The number of hydrogen-bond donors (Lipinski definition) is 3. The van der Waals surface area contributed by atoms with Crippen LogP contribution in [0.3, 0.4) is 0 Å². The predicted octanol–water partition coefficient (Wildman–Crippen LogP) is 2.41. The van der Waals surface area contributed by atoms with Gasteiger partial charge in [-0.25, -0.2) is 9.97 Å². The molecule has 0 aliphatic heterocycles. The van der Waals surface area contributed by atoms with Gasteiger partial charge in [-0.3, -0.25) is 9.20 Å². The van der Waals surface area contributed by atoms with Gasteiger partial charge in [0, 0.05) is 18.3 Å². The van der Waals surface area contributed by atoms with E-state index in [0.29, 0.717) is 28.6 Å². The third kappa shape index (κ3) is 2.25. The van der Waals surface area contributed by atoms with Crippen LogP contribution < -0.4 is 16.8 Å². The van der Waals surface area contributed by atoms with E-state index >= 15 is 0 Å². The van der Waals surface area contributed by atoms with Crippen LogP contribution in [0.4, 0.5) is 17.2 Å². The molecular formula is C17H18N6O. The van der Waals surface area contributed by atoms with E-state index in [9.17, 15) is 4.79 Å². The minimum atomic E-state index is -0.337. The molecule has 0 spiro atoms. The Balaban J connectivity index is 1.78. The highest BCUT2D eigenvalue weighted by molar-refractivity contribution is 6.10. The Labute approximate surface area is 138 Å². The monoisotopic (exact) mass is 322 g/mol. The number of fused-ring (bicyclic) bond motifs is 1. The maximum Gasteiger partial charge on any atom is 0.276 e. The molecule has 1 fully saturated rings. The number of rotatable bonds is 3. The number of benzene rings is 1. The molecule has 4 rings (SSSR count). The Morgan fingerprint density at radius 1 is 1.25 bits per heavy atom. The molecular weight excluding hydrogens is 304 g/mol. The van der Waals surface area contributed by atoms with Crippen molar-refractivity contribution in [2.45, 2.75) is 25.2 Å². The summed E-state index contributed by atoms with van der Waals surface area (Å²) in [5.41, 5.74) is 13.8. The van der Waals surface area contributed by atoms with Gasteiger partial charge in [0.15, 0.2) is 5.69 Å². The van der Waals surface area contributed by atoms with Crippen LogP contribution in [-0.4, -0.2) is 20.3 Å². The summed E-state index contributed by atoms with van der Waals surface area (Å²) < 4.78 is 1.88. The molecule has 1 aromatic carbocycles. The largest absolute Gasteiger partial charge is 0.397 e. The normalized spacial score (nSPS) is 14.5. The van der Waals surface area contributed by atoms with Crippen LogP contribution in [0.1, 0.15) is 41.5 Å². The summed E-state index contributed by atoms with van der Waals surface area (Å²) in [5, 5.41) is 2.81. The molecule has 1 aliphatic rings. The summed E-state index contributed by atoms with van der Waals surface area (Å²) in [6.07, 6.45) is 6.77. The zero-order valence-electron chi connectivity index (χ0n) is 13.1. The molecule has 0 unspecified atom stereocenters. The van der Waals surface area contributed by atoms with Gasteiger partial charge in [0.25, 0.3) is 5.91 Å².